The third-order valence-electron chi connectivity index (χ3n) is 9.69. The van der Waals surface area contributed by atoms with Crippen molar-refractivity contribution in [2.24, 2.45) is 5.92 Å². The van der Waals surface area contributed by atoms with Gasteiger partial charge in [-0.1, -0.05) is 48.0 Å². The molecule has 0 radical (unpaired) electrons. The molecule has 4 heterocycles. The van der Waals surface area contributed by atoms with Crippen LogP contribution in [0.1, 0.15) is 44.3 Å². The minimum absolute atomic E-state index is 0.0587. The minimum atomic E-state index is -1.41. The van der Waals surface area contributed by atoms with Crippen molar-refractivity contribution in [3.63, 3.8) is 0 Å². The number of hydrogen-bond acceptors (Lipinski definition) is 7. The Labute approximate surface area is 260 Å². The smallest absolute Gasteiger partial charge is 0.238 e. The number of hydrogen-bond donors (Lipinski definition) is 1. The molecule has 4 unspecified atom stereocenters. The van der Waals surface area contributed by atoms with Gasteiger partial charge in [0.15, 0.2) is 23.1 Å². The van der Waals surface area contributed by atoms with Crippen LogP contribution in [0.15, 0.2) is 91.0 Å². The second kappa shape index (κ2) is 9.82. The molecular formula is C37H30N2O6. The van der Waals surface area contributed by atoms with E-state index in [0.29, 0.717) is 39.6 Å². The van der Waals surface area contributed by atoms with Gasteiger partial charge in [0.1, 0.15) is 17.2 Å². The van der Waals surface area contributed by atoms with E-state index in [0.717, 1.165) is 22.4 Å². The lowest BCUT2D eigenvalue weighted by atomic mass is 9.64. The molecule has 1 saturated heterocycles. The summed E-state index contributed by atoms with van der Waals surface area (Å²) in [5.41, 5.74) is 4.49. The van der Waals surface area contributed by atoms with Gasteiger partial charge in [-0.15, -0.1) is 0 Å². The molecule has 1 fully saturated rings. The molecule has 1 spiro atoms. The van der Waals surface area contributed by atoms with Crippen LogP contribution < -0.4 is 24.4 Å². The highest BCUT2D eigenvalue weighted by atomic mass is 16.7. The van der Waals surface area contributed by atoms with Crippen molar-refractivity contribution in [3.8, 4) is 17.2 Å². The maximum Gasteiger partial charge on any atom is 0.238 e. The summed E-state index contributed by atoms with van der Waals surface area (Å²) in [6, 6.07) is 23.9. The van der Waals surface area contributed by atoms with Crippen molar-refractivity contribution in [1.82, 2.24) is 0 Å². The van der Waals surface area contributed by atoms with Gasteiger partial charge in [-0.05, 0) is 73.5 Å². The van der Waals surface area contributed by atoms with Gasteiger partial charge in [0.2, 0.25) is 12.7 Å². The maximum atomic E-state index is 15.1. The Morgan fingerprint density at radius 3 is 2.53 bits per heavy atom. The predicted molar refractivity (Wildman–Crippen MR) is 169 cm³/mol. The van der Waals surface area contributed by atoms with Gasteiger partial charge in [-0.2, -0.15) is 0 Å². The number of rotatable bonds is 5. The molecule has 4 aromatic rings. The highest BCUT2D eigenvalue weighted by molar-refractivity contribution is 6.18. The van der Waals surface area contributed by atoms with E-state index in [-0.39, 0.29) is 24.3 Å². The van der Waals surface area contributed by atoms with Crippen LogP contribution in [0.5, 0.6) is 17.2 Å². The van der Waals surface area contributed by atoms with E-state index < -0.39 is 23.4 Å². The van der Waals surface area contributed by atoms with E-state index in [1.807, 2.05) is 55.1 Å². The molecular weight excluding hydrogens is 568 g/mol. The van der Waals surface area contributed by atoms with Gasteiger partial charge < -0.3 is 24.4 Å². The fraction of sp³-hybridized carbons (Fsp3) is 0.216. The number of ether oxygens (including phenoxy) is 3. The largest absolute Gasteiger partial charge is 0.497 e. The Kier molecular flexibility index (Phi) is 5.94. The molecule has 1 N–H and O–H groups in total. The Morgan fingerprint density at radius 2 is 1.69 bits per heavy atom. The molecule has 4 atom stereocenters. The fourth-order valence-electron chi connectivity index (χ4n) is 7.72. The van der Waals surface area contributed by atoms with Gasteiger partial charge in [-0.25, -0.2) is 0 Å². The summed E-state index contributed by atoms with van der Waals surface area (Å²) in [5, 5.41) is 3.08. The molecule has 4 aromatic carbocycles. The van der Waals surface area contributed by atoms with Crippen LogP contribution in [-0.2, 0) is 10.2 Å². The number of carbonyl (C=O) groups is 3. The lowest BCUT2D eigenvalue weighted by Gasteiger charge is -2.39. The van der Waals surface area contributed by atoms with Crippen molar-refractivity contribution in [2.45, 2.75) is 31.3 Å². The summed E-state index contributed by atoms with van der Waals surface area (Å²) in [6.07, 6.45) is 2.06. The summed E-state index contributed by atoms with van der Waals surface area (Å²) in [5.74, 6) is -0.477. The van der Waals surface area contributed by atoms with E-state index in [1.165, 1.54) is 0 Å². The molecule has 8 rings (SSSR count). The quantitative estimate of drug-likeness (QED) is 0.283. The van der Waals surface area contributed by atoms with E-state index in [9.17, 15) is 9.59 Å². The van der Waals surface area contributed by atoms with Gasteiger partial charge in [0.25, 0.3) is 0 Å². The van der Waals surface area contributed by atoms with E-state index >= 15 is 4.79 Å². The third-order valence-corrected chi connectivity index (χ3v) is 9.69. The molecule has 0 aromatic heterocycles. The number of nitrogens with zero attached hydrogens (tertiary/aromatic N) is 1. The summed E-state index contributed by atoms with van der Waals surface area (Å²) in [4.78, 5) is 46.7. The van der Waals surface area contributed by atoms with Crippen LogP contribution in [-0.4, -0.2) is 43.5 Å². The molecule has 8 heteroatoms. The first-order valence-corrected chi connectivity index (χ1v) is 14.9. The molecule has 224 valence electrons. The summed E-state index contributed by atoms with van der Waals surface area (Å²) >= 11 is 0. The van der Waals surface area contributed by atoms with Crippen LogP contribution in [0.3, 0.4) is 0 Å². The zero-order valence-corrected chi connectivity index (χ0v) is 25.0. The van der Waals surface area contributed by atoms with E-state index in [2.05, 4.69) is 17.5 Å². The highest BCUT2D eigenvalue weighted by Gasteiger charge is 2.70. The Bertz CT molecular complexity index is 1980. The molecule has 8 nitrogen and oxygen atoms in total. The third kappa shape index (κ3) is 3.75. The molecule has 0 bridgehead atoms. The number of carbonyl (C=O) groups excluding carboxylic acids is 3. The molecule has 4 aliphatic rings. The standard InChI is InChI=1S/C37H30N2O6/c1-20-11-13-28-25(15-20)21(2)16-31-37(26-9-4-5-10-27(26)38-36(37)42)32(34(40)23-12-14-29-30(18-23)45-19-44-29)33(39(28)31)35(41)22-7-6-8-24(17-22)43-3/h4-18,31-33H,19H2,1-3H3,(H,38,42). The minimum Gasteiger partial charge on any atom is -0.497 e. The zero-order chi connectivity index (χ0) is 31.0. The number of para-hydroxylation sites is 1. The summed E-state index contributed by atoms with van der Waals surface area (Å²) in [6.45, 7) is 4.10. The van der Waals surface area contributed by atoms with Crippen molar-refractivity contribution >= 4 is 34.4 Å². The predicted octanol–water partition coefficient (Wildman–Crippen LogP) is 5.98. The highest BCUT2D eigenvalue weighted by Crippen LogP contribution is 2.59. The van der Waals surface area contributed by atoms with Crippen LogP contribution in [0, 0.1) is 12.8 Å². The molecule has 0 saturated carbocycles. The first kappa shape index (κ1) is 27.2. The normalized spacial score (nSPS) is 23.6. The van der Waals surface area contributed by atoms with Gasteiger partial charge in [-0.3, -0.25) is 14.4 Å². The number of anilines is 2. The number of amides is 1. The topological polar surface area (TPSA) is 94.2 Å². The Hall–Kier alpha value is -5.37. The molecule has 1 amide bonds. The number of methoxy groups -OCH3 is 1. The second-order valence-corrected chi connectivity index (χ2v) is 12.0. The Morgan fingerprint density at radius 1 is 0.889 bits per heavy atom. The first-order valence-electron chi connectivity index (χ1n) is 14.9. The second-order valence-electron chi connectivity index (χ2n) is 12.0. The first-order chi connectivity index (χ1) is 21.8. The lowest BCUT2D eigenvalue weighted by Crippen LogP contribution is -2.51. The number of nitrogens with one attached hydrogen (secondary N) is 1. The van der Waals surface area contributed by atoms with Crippen molar-refractivity contribution in [3.05, 3.63) is 119 Å². The fourth-order valence-corrected chi connectivity index (χ4v) is 7.72. The number of allylic oxidation sites excluding steroid dienone is 1. The summed E-state index contributed by atoms with van der Waals surface area (Å²) in [7, 11) is 1.55. The maximum absolute atomic E-state index is 15.1. The van der Waals surface area contributed by atoms with Crippen LogP contribution >= 0.6 is 0 Å². The zero-order valence-electron chi connectivity index (χ0n) is 25.0. The average Bonchev–Trinajstić information content (AvgIpc) is 3.73. The average molecular weight is 599 g/mol. The van der Waals surface area contributed by atoms with Crippen LogP contribution in [0.4, 0.5) is 11.4 Å². The van der Waals surface area contributed by atoms with Gasteiger partial charge >= 0.3 is 0 Å². The summed E-state index contributed by atoms with van der Waals surface area (Å²) < 4.78 is 16.6. The van der Waals surface area contributed by atoms with E-state index in [1.54, 1.807) is 49.6 Å². The molecule has 4 aliphatic heterocycles. The lowest BCUT2D eigenvalue weighted by molar-refractivity contribution is -0.121. The number of ketones is 2. The number of aryl methyl sites for hydroxylation is 1. The molecule has 0 aliphatic carbocycles. The monoisotopic (exact) mass is 598 g/mol. The molecule has 45 heavy (non-hydrogen) atoms. The van der Waals surface area contributed by atoms with Crippen molar-refractivity contribution in [2.75, 3.05) is 24.1 Å². The van der Waals surface area contributed by atoms with Gasteiger partial charge in [0.05, 0.1) is 19.1 Å². The van der Waals surface area contributed by atoms with E-state index in [4.69, 9.17) is 14.2 Å². The van der Waals surface area contributed by atoms with Crippen molar-refractivity contribution in [1.29, 1.82) is 0 Å². The number of Topliss-reactive ketones (excluding diaryl/α,β-unsaturated/α-hetero) is 2. The van der Waals surface area contributed by atoms with Crippen molar-refractivity contribution < 1.29 is 28.6 Å². The Balaban J connectivity index is 1.43. The number of fused-ring (bicyclic) bond motifs is 7. The van der Waals surface area contributed by atoms with Crippen LogP contribution in [0.25, 0.3) is 5.57 Å². The SMILES string of the molecule is COc1cccc(C(=O)C2C(C(=O)c3ccc4c(c3)OCO4)C3(C(=O)Nc4ccccc43)C3C=C(C)c4cc(C)ccc4N23)c1. The number of benzene rings is 4. The van der Waals surface area contributed by atoms with Gasteiger partial charge in [0, 0.05) is 28.1 Å². The van der Waals surface area contributed by atoms with Crippen LogP contribution in [0.2, 0.25) is 0 Å².